The van der Waals surface area contributed by atoms with Crippen molar-refractivity contribution in [3.05, 3.63) is 41.5 Å². The zero-order chi connectivity index (χ0) is 28.2. The summed E-state index contributed by atoms with van der Waals surface area (Å²) in [6, 6.07) is 5.74. The lowest BCUT2D eigenvalue weighted by atomic mass is 9.85. The van der Waals surface area contributed by atoms with Gasteiger partial charge in [-0.2, -0.15) is 4.98 Å². The molecule has 2 amide bonds. The number of piperidine rings is 2. The molecule has 3 aliphatic rings. The van der Waals surface area contributed by atoms with Crippen molar-refractivity contribution in [3.63, 3.8) is 0 Å². The number of allylic oxidation sites excluding steroid dienone is 2. The third-order valence-corrected chi connectivity index (χ3v) is 8.58. The van der Waals surface area contributed by atoms with E-state index in [1.165, 1.54) is 0 Å². The first kappa shape index (κ1) is 28.1. The van der Waals surface area contributed by atoms with Gasteiger partial charge in [0.15, 0.2) is 17.4 Å². The van der Waals surface area contributed by atoms with Gasteiger partial charge in [0.2, 0.25) is 11.8 Å². The van der Waals surface area contributed by atoms with Crippen LogP contribution < -0.4 is 15.4 Å². The van der Waals surface area contributed by atoms with Gasteiger partial charge in [0, 0.05) is 43.9 Å². The second-order valence-corrected chi connectivity index (χ2v) is 11.7. The van der Waals surface area contributed by atoms with Crippen molar-refractivity contribution in [3.8, 4) is 5.75 Å². The van der Waals surface area contributed by atoms with E-state index in [9.17, 15) is 14.0 Å². The number of primary amides is 1. The molecule has 1 atom stereocenters. The number of benzene rings is 1. The molecule has 2 fully saturated rings. The molecule has 40 heavy (non-hydrogen) atoms. The van der Waals surface area contributed by atoms with E-state index in [-0.39, 0.29) is 41.1 Å². The Morgan fingerprint density at radius 3 is 2.45 bits per heavy atom. The number of ether oxygens (including phenoxy) is 1. The summed E-state index contributed by atoms with van der Waals surface area (Å²) < 4.78 is 26.3. The molecule has 0 radical (unpaired) electrons. The lowest BCUT2D eigenvalue weighted by molar-refractivity contribution is -0.138. The van der Waals surface area contributed by atoms with Crippen molar-refractivity contribution in [2.75, 3.05) is 37.7 Å². The lowest BCUT2D eigenvalue weighted by Crippen LogP contribution is -2.44. The molecule has 2 aliphatic heterocycles. The highest BCUT2D eigenvalue weighted by molar-refractivity contribution is 5.82. The minimum Gasteiger partial charge on any atom is -0.490 e. The fraction of sp³-hybridized carbons (Fsp3) is 0.600. The number of anilines is 1. The van der Waals surface area contributed by atoms with Crippen LogP contribution >= 0.6 is 0 Å². The van der Waals surface area contributed by atoms with Gasteiger partial charge in [-0.05, 0) is 74.1 Å². The van der Waals surface area contributed by atoms with Crippen molar-refractivity contribution >= 4 is 23.4 Å². The smallest absolute Gasteiger partial charge is 0.324 e. The number of hydrogen-bond donors (Lipinski definition) is 1. The highest BCUT2D eigenvalue weighted by Crippen LogP contribution is 2.34. The number of nitrogens with zero attached hydrogens (tertiary/aromatic N) is 4. The van der Waals surface area contributed by atoms with Crippen LogP contribution in [0.25, 0.3) is 5.57 Å². The number of carbonyl (C=O) groups is 2. The first-order valence-corrected chi connectivity index (χ1v) is 14.6. The Morgan fingerprint density at radius 2 is 1.85 bits per heavy atom. The summed E-state index contributed by atoms with van der Waals surface area (Å²) in [5.74, 6) is 0.870. The van der Waals surface area contributed by atoms with Gasteiger partial charge in [-0.3, -0.25) is 9.59 Å². The van der Waals surface area contributed by atoms with Crippen LogP contribution in [0.5, 0.6) is 5.75 Å². The average molecular weight is 554 g/mol. The van der Waals surface area contributed by atoms with Crippen molar-refractivity contribution in [1.29, 1.82) is 0 Å². The Morgan fingerprint density at radius 1 is 1.10 bits per heavy atom. The quantitative estimate of drug-likeness (QED) is 0.511. The fourth-order valence-electron chi connectivity index (χ4n) is 5.87. The maximum Gasteiger partial charge on any atom is 0.324 e. The van der Waals surface area contributed by atoms with Gasteiger partial charge < -0.3 is 24.8 Å². The van der Waals surface area contributed by atoms with E-state index in [1.54, 1.807) is 12.1 Å². The SMILES string of the molecule is CC(C)c1noc(N2CCC(COc3ccc(C4=CCC(C(=O)N5CCC(C(N)=O)CC5)CC4)cc3F)CC2)n1. The monoisotopic (exact) mass is 553 g/mol. The number of rotatable bonds is 8. The van der Waals surface area contributed by atoms with Gasteiger partial charge in [0.25, 0.3) is 0 Å². The molecule has 1 aliphatic carbocycles. The van der Waals surface area contributed by atoms with E-state index < -0.39 is 0 Å². The van der Waals surface area contributed by atoms with Crippen LogP contribution in [0.15, 0.2) is 28.8 Å². The van der Waals surface area contributed by atoms with Crippen LogP contribution in [0.4, 0.5) is 10.4 Å². The molecule has 5 rings (SSSR count). The molecule has 1 unspecified atom stereocenters. The Kier molecular flexibility index (Phi) is 8.71. The largest absolute Gasteiger partial charge is 0.490 e. The van der Waals surface area contributed by atoms with E-state index in [1.807, 2.05) is 24.8 Å². The molecule has 9 nitrogen and oxygen atoms in total. The predicted molar refractivity (Wildman–Crippen MR) is 149 cm³/mol. The Balaban J connectivity index is 1.08. The Labute approximate surface area is 234 Å². The second kappa shape index (κ2) is 12.4. The van der Waals surface area contributed by atoms with E-state index in [4.69, 9.17) is 15.0 Å². The highest BCUT2D eigenvalue weighted by atomic mass is 19.1. The third-order valence-electron chi connectivity index (χ3n) is 8.58. The summed E-state index contributed by atoms with van der Waals surface area (Å²) in [6.07, 6.45) is 7.28. The minimum absolute atomic E-state index is 0.0650. The van der Waals surface area contributed by atoms with Crippen LogP contribution in [-0.4, -0.2) is 59.6 Å². The second-order valence-electron chi connectivity index (χ2n) is 11.7. The zero-order valence-corrected chi connectivity index (χ0v) is 23.5. The van der Waals surface area contributed by atoms with Gasteiger partial charge in [-0.25, -0.2) is 4.39 Å². The molecule has 0 spiro atoms. The first-order chi connectivity index (χ1) is 19.3. The summed E-state index contributed by atoms with van der Waals surface area (Å²) in [7, 11) is 0. The van der Waals surface area contributed by atoms with Crippen molar-refractivity contribution < 1.29 is 23.2 Å². The van der Waals surface area contributed by atoms with Crippen LogP contribution in [0.3, 0.4) is 0 Å². The average Bonchev–Trinajstić information content (AvgIpc) is 3.48. The van der Waals surface area contributed by atoms with Gasteiger partial charge in [-0.15, -0.1) is 0 Å². The molecule has 2 N–H and O–H groups in total. The predicted octanol–water partition coefficient (Wildman–Crippen LogP) is 4.53. The van der Waals surface area contributed by atoms with Gasteiger partial charge >= 0.3 is 6.01 Å². The summed E-state index contributed by atoms with van der Waals surface area (Å²) >= 11 is 0. The van der Waals surface area contributed by atoms with Crippen LogP contribution in [0.2, 0.25) is 0 Å². The minimum atomic E-state index is -0.363. The third kappa shape index (κ3) is 6.47. The van der Waals surface area contributed by atoms with Gasteiger partial charge in [-0.1, -0.05) is 31.1 Å². The maximum atomic E-state index is 15.0. The number of amides is 2. The van der Waals surface area contributed by atoms with Gasteiger partial charge in [0.1, 0.15) is 0 Å². The molecule has 2 aromatic rings. The highest BCUT2D eigenvalue weighted by Gasteiger charge is 2.31. The molecule has 1 aromatic heterocycles. The molecule has 1 aromatic carbocycles. The number of carbonyl (C=O) groups excluding carboxylic acids is 2. The topological polar surface area (TPSA) is 115 Å². The van der Waals surface area contributed by atoms with Crippen molar-refractivity contribution in [2.24, 2.45) is 23.5 Å². The fourth-order valence-corrected chi connectivity index (χ4v) is 5.87. The molecule has 2 saturated heterocycles. The Hall–Kier alpha value is -3.43. The molecule has 10 heteroatoms. The summed E-state index contributed by atoms with van der Waals surface area (Å²) in [4.78, 5) is 32.8. The maximum absolute atomic E-state index is 15.0. The van der Waals surface area contributed by atoms with Crippen LogP contribution in [0.1, 0.15) is 76.1 Å². The number of hydrogen-bond acceptors (Lipinski definition) is 7. The summed E-state index contributed by atoms with van der Waals surface area (Å²) in [5.41, 5.74) is 7.32. The van der Waals surface area contributed by atoms with E-state index in [0.717, 1.165) is 55.7 Å². The number of likely N-dealkylation sites (tertiary alicyclic amines) is 1. The molecule has 0 bridgehead atoms. The molecule has 0 saturated carbocycles. The molecule has 3 heterocycles. The Bertz CT molecular complexity index is 1230. The summed E-state index contributed by atoms with van der Waals surface area (Å²) in [5, 5.41) is 4.05. The zero-order valence-electron chi connectivity index (χ0n) is 23.5. The van der Waals surface area contributed by atoms with Crippen molar-refractivity contribution in [1.82, 2.24) is 15.0 Å². The van der Waals surface area contributed by atoms with E-state index in [0.29, 0.717) is 50.9 Å². The normalized spacial score (nSPS) is 21.0. The van der Waals surface area contributed by atoms with E-state index >= 15 is 0 Å². The van der Waals surface area contributed by atoms with Crippen LogP contribution in [0, 0.1) is 23.6 Å². The molecular weight excluding hydrogens is 513 g/mol. The van der Waals surface area contributed by atoms with Crippen molar-refractivity contribution in [2.45, 2.75) is 64.7 Å². The standard InChI is InChI=1S/C30H40FN5O4/c1-19(2)28-33-30(40-34-28)36-13-9-20(10-14-36)18-39-26-8-7-24(17-25(26)31)21-3-5-23(6-4-21)29(38)35-15-11-22(12-16-35)27(32)37/h3,7-8,17,19-20,22-23H,4-6,9-16,18H2,1-2H3,(H2,32,37). The number of aromatic nitrogens is 2. The molecular formula is C30H40FN5O4. The van der Waals surface area contributed by atoms with E-state index in [2.05, 4.69) is 21.1 Å². The van der Waals surface area contributed by atoms with Gasteiger partial charge in [0.05, 0.1) is 6.61 Å². The molecule has 216 valence electrons. The first-order valence-electron chi connectivity index (χ1n) is 14.6. The lowest BCUT2D eigenvalue weighted by Gasteiger charge is -2.34. The number of nitrogens with two attached hydrogens (primary N) is 1. The van der Waals surface area contributed by atoms with Crippen LogP contribution in [-0.2, 0) is 9.59 Å². The summed E-state index contributed by atoms with van der Waals surface area (Å²) in [6.45, 7) is 7.32. The number of halogens is 1.